The van der Waals surface area contributed by atoms with Gasteiger partial charge in [0, 0.05) is 12.6 Å². The minimum atomic E-state index is -2.33. The van der Waals surface area contributed by atoms with Crippen molar-refractivity contribution in [3.8, 4) is 0 Å². The first-order valence-electron chi connectivity index (χ1n) is 7.66. The molecule has 0 amide bonds. The minimum absolute atomic E-state index is 0. The van der Waals surface area contributed by atoms with Gasteiger partial charge in [-0.25, -0.2) is 0 Å². The molecule has 0 aromatic carbocycles. The van der Waals surface area contributed by atoms with E-state index >= 15 is 0 Å². The van der Waals surface area contributed by atoms with Gasteiger partial charge in [-0.3, -0.25) is 0 Å². The van der Waals surface area contributed by atoms with Gasteiger partial charge in [0.15, 0.2) is 8.32 Å². The Hall–Kier alpha value is -0.466. The minimum Gasteiger partial charge on any atom is -0.437 e. The van der Waals surface area contributed by atoms with Crippen LogP contribution in [0.15, 0.2) is 12.7 Å². The molecule has 4 nitrogen and oxygen atoms in total. The second-order valence-electron chi connectivity index (χ2n) is 7.80. The zero-order valence-corrected chi connectivity index (χ0v) is 27.9. The summed E-state index contributed by atoms with van der Waals surface area (Å²) in [5, 5.41) is 0. The Kier molecular flexibility index (Phi) is 9.24. The van der Waals surface area contributed by atoms with Gasteiger partial charge < -0.3 is 16.5 Å². The zero-order chi connectivity index (χ0) is 17.8. The van der Waals surface area contributed by atoms with Crippen molar-refractivity contribution in [2.45, 2.75) is 65.0 Å². The van der Waals surface area contributed by atoms with E-state index in [1.807, 2.05) is 12.6 Å². The van der Waals surface area contributed by atoms with Crippen molar-refractivity contribution >= 4 is 43.0 Å². The molecule has 1 atom stereocenters. The Morgan fingerprint density at radius 1 is 0.957 bits per heavy atom. The monoisotopic (exact) mass is 661 g/mol. The normalized spacial score (nSPS) is 15.9. The van der Waals surface area contributed by atoms with Crippen LogP contribution in [0.25, 0.3) is 0 Å². The summed E-state index contributed by atoms with van der Waals surface area (Å²) in [5.74, 6) is 0. The van der Waals surface area contributed by atoms with Crippen LogP contribution in [-0.4, -0.2) is 43.0 Å². The van der Waals surface area contributed by atoms with Gasteiger partial charge in [-0.2, -0.15) is 0 Å². The molecule has 0 saturated carbocycles. The van der Waals surface area contributed by atoms with Crippen LogP contribution in [0.1, 0.15) is 0 Å². The number of hydrogen-bond acceptors (Lipinski definition) is 4. The van der Waals surface area contributed by atoms with Crippen LogP contribution in [0.3, 0.4) is 0 Å². The molecule has 0 N–H and O–H groups in total. The predicted molar refractivity (Wildman–Crippen MR) is 106 cm³/mol. The molecular weight excluding hydrogens is 628 g/mol. The van der Waals surface area contributed by atoms with E-state index in [0.717, 1.165) is 6.04 Å². The fourth-order valence-corrected chi connectivity index (χ4v) is 21.0. The van der Waals surface area contributed by atoms with Crippen molar-refractivity contribution in [1.82, 2.24) is 0 Å². The Labute approximate surface area is 143 Å². The first-order chi connectivity index (χ1) is 9.58. The molecule has 0 aromatic rings. The quantitative estimate of drug-likeness (QED) is 0.196. The predicted octanol–water partition coefficient (Wildman–Crippen LogP) is 4.54. The summed E-state index contributed by atoms with van der Waals surface area (Å²) in [6.45, 7) is 27.0. The van der Waals surface area contributed by atoms with Gasteiger partial charge in [-0.15, -0.1) is 6.58 Å². The standard InChI is InChI=1S/C13H34O4Si5.Rf/c1-12-13-22(11,17-20(6,7)8)15-18(2)14-21(9,10)16-19(3,4)5;/h12H,1,6,13H2,2-5,7-11H3;/q+1;. The molecule has 0 heterocycles. The summed E-state index contributed by atoms with van der Waals surface area (Å²) < 4.78 is 25.0. The van der Waals surface area contributed by atoms with Gasteiger partial charge in [-0.05, 0) is 58.9 Å². The molecule has 0 aromatic heterocycles. The van der Waals surface area contributed by atoms with E-state index in [1.165, 1.54) is 0 Å². The van der Waals surface area contributed by atoms with Gasteiger partial charge in [0.05, 0.1) is 0 Å². The van der Waals surface area contributed by atoms with Crippen molar-refractivity contribution in [2.24, 2.45) is 0 Å². The average Bonchev–Trinajstić information content (AvgIpc) is 2.06. The van der Waals surface area contributed by atoms with Crippen molar-refractivity contribution < 1.29 is 16.5 Å². The Balaban J connectivity index is 0. The zero-order valence-electron chi connectivity index (χ0n) is 16.5. The molecule has 23 heavy (non-hydrogen) atoms. The summed E-state index contributed by atoms with van der Waals surface area (Å²) in [4.78, 5) is 0. The van der Waals surface area contributed by atoms with Gasteiger partial charge in [0.1, 0.15) is 0 Å². The fourth-order valence-electron chi connectivity index (χ4n) is 2.38. The summed E-state index contributed by atoms with van der Waals surface area (Å²) in [5.41, 5.74) is 0. The maximum atomic E-state index is 6.29. The topological polar surface area (TPSA) is 36.9 Å². The average molecular weight is 662 g/mol. The van der Waals surface area contributed by atoms with Crippen molar-refractivity contribution in [3.63, 3.8) is 0 Å². The molecule has 0 rings (SSSR count). The van der Waals surface area contributed by atoms with Crippen molar-refractivity contribution in [3.05, 3.63) is 19.2 Å². The summed E-state index contributed by atoms with van der Waals surface area (Å²) >= 11 is 0. The number of hydrogen-bond donors (Lipinski definition) is 0. The van der Waals surface area contributed by atoms with Gasteiger partial charge in [-0.1, -0.05) is 6.08 Å². The molecule has 0 aliphatic rings. The van der Waals surface area contributed by atoms with E-state index in [4.69, 9.17) is 16.5 Å². The third-order valence-electron chi connectivity index (χ3n) is 2.31. The van der Waals surface area contributed by atoms with Crippen molar-refractivity contribution in [1.29, 1.82) is 0 Å². The second kappa shape index (κ2) is 8.58. The molecule has 10 heteroatoms. The summed E-state index contributed by atoms with van der Waals surface area (Å²) in [6.07, 6.45) is 1.88. The smallest absolute Gasteiger partial charge is 0.395 e. The first kappa shape index (κ1) is 24.8. The maximum Gasteiger partial charge on any atom is 0.395 e. The van der Waals surface area contributed by atoms with E-state index in [0.29, 0.717) is 0 Å². The first-order valence-corrected chi connectivity index (χ1v) is 21.3. The van der Waals surface area contributed by atoms with Crippen LogP contribution >= 0.6 is 0 Å². The van der Waals surface area contributed by atoms with Crippen LogP contribution < -0.4 is 0 Å². The Morgan fingerprint density at radius 2 is 1.43 bits per heavy atom. The summed E-state index contributed by atoms with van der Waals surface area (Å²) in [6, 6.07) is 0.751. The molecule has 0 aliphatic heterocycles. The largest absolute Gasteiger partial charge is 0.437 e. The third-order valence-corrected chi connectivity index (χ3v) is 17.7. The number of allylic oxidation sites excluding steroid dienone is 1. The van der Waals surface area contributed by atoms with Gasteiger partial charge >= 0.3 is 34.7 Å². The number of rotatable bonds is 10. The second-order valence-corrected chi connectivity index (χ2v) is 25.3. The Bertz CT molecular complexity index is 370. The molecule has 1 radical (unpaired) electrons. The summed E-state index contributed by atoms with van der Waals surface area (Å²) in [7, 11) is -9.44. The Morgan fingerprint density at radius 3 is 1.78 bits per heavy atom. The van der Waals surface area contributed by atoms with Gasteiger partial charge in [0.2, 0.25) is 0 Å². The third kappa shape index (κ3) is 12.6. The SMILES string of the molecule is C=CC[Si](C)(O[Si](C)O[Si](C)(C)O[Si](C)(C)C)O[Si]([CH2+])(C)C.[Rf]. The van der Waals surface area contributed by atoms with E-state index in [2.05, 4.69) is 65.5 Å². The molecule has 1 unspecified atom stereocenters. The fraction of sp³-hybridized carbons (Fsp3) is 0.769. The van der Waals surface area contributed by atoms with Crippen LogP contribution in [0, 0.1) is 6.55 Å². The van der Waals surface area contributed by atoms with Gasteiger partial charge in [0.25, 0.3) is 0 Å². The van der Waals surface area contributed by atoms with Crippen LogP contribution in [0.4, 0.5) is 0 Å². The molecule has 0 aliphatic carbocycles. The maximum absolute atomic E-state index is 6.29. The molecule has 0 bridgehead atoms. The molecule has 0 saturated heterocycles. The molecule has 0 spiro atoms. The van der Waals surface area contributed by atoms with E-state index in [9.17, 15) is 0 Å². The molecular formula is C13H34O4RfSi5+. The van der Waals surface area contributed by atoms with Crippen LogP contribution in [0.5, 0.6) is 0 Å². The van der Waals surface area contributed by atoms with E-state index in [1.54, 1.807) is 0 Å². The molecule has 131 valence electrons. The van der Waals surface area contributed by atoms with Crippen LogP contribution in [0.2, 0.25) is 65.0 Å². The van der Waals surface area contributed by atoms with E-state index in [-0.39, 0.29) is 0 Å². The van der Waals surface area contributed by atoms with Crippen LogP contribution in [-0.2, 0) is 16.5 Å². The van der Waals surface area contributed by atoms with E-state index < -0.39 is 43.0 Å². The molecule has 0 fully saturated rings. The van der Waals surface area contributed by atoms with Crippen molar-refractivity contribution in [2.75, 3.05) is 0 Å².